The van der Waals surface area contributed by atoms with E-state index in [2.05, 4.69) is 154 Å². The fourth-order valence-corrected chi connectivity index (χ4v) is 13.3. The van der Waals surface area contributed by atoms with Gasteiger partial charge in [0.15, 0.2) is 0 Å². The van der Waals surface area contributed by atoms with E-state index in [0.29, 0.717) is 69.5 Å². The van der Waals surface area contributed by atoms with Gasteiger partial charge in [-0.05, 0) is 187 Å². The highest BCUT2D eigenvalue weighted by molar-refractivity contribution is 5.88. The Morgan fingerprint density at radius 3 is 1.60 bits per heavy atom. The first-order chi connectivity index (χ1) is 39.1. The summed E-state index contributed by atoms with van der Waals surface area (Å²) in [6, 6.07) is 8.54. The topological polar surface area (TPSA) is 132 Å². The fraction of sp³-hybridized carbons (Fsp3) is 0.689. The number of ether oxygens (including phenoxy) is 5. The molecule has 6 aliphatic rings. The van der Waals surface area contributed by atoms with Gasteiger partial charge in [0.05, 0.1) is 6.61 Å². The quantitative estimate of drug-likeness (QED) is 0.0749. The van der Waals surface area contributed by atoms with Crippen LogP contribution in [0.1, 0.15) is 245 Å². The van der Waals surface area contributed by atoms with Crippen molar-refractivity contribution in [3.8, 4) is 0 Å². The number of carbonyl (C=O) groups excluding carboxylic acids is 5. The van der Waals surface area contributed by atoms with Crippen LogP contribution in [-0.4, -0.2) is 60.4 Å². The van der Waals surface area contributed by atoms with E-state index in [-0.39, 0.29) is 64.6 Å². The zero-order valence-corrected chi connectivity index (χ0v) is 56.3. The number of hydrogen-bond donors (Lipinski definition) is 0. The molecule has 0 aromatic heterocycles. The summed E-state index contributed by atoms with van der Waals surface area (Å²) >= 11 is 0. The summed E-state index contributed by atoms with van der Waals surface area (Å²) in [6.45, 7) is 58.9. The van der Waals surface area contributed by atoms with Crippen LogP contribution in [0.25, 0.3) is 6.08 Å². The molecule has 474 valence electrons. The third-order valence-corrected chi connectivity index (χ3v) is 19.4. The van der Waals surface area contributed by atoms with E-state index in [4.69, 9.17) is 23.7 Å². The molecule has 4 bridgehead atoms. The molecule has 0 saturated heterocycles. The zero-order chi connectivity index (χ0) is 64.1. The molecule has 9 unspecified atom stereocenters. The average Bonchev–Trinajstić information content (AvgIpc) is 2.09. The minimum absolute atomic E-state index is 0.0100. The van der Waals surface area contributed by atoms with E-state index in [1.165, 1.54) is 75.3 Å². The van der Waals surface area contributed by atoms with Crippen molar-refractivity contribution in [3.63, 3.8) is 0 Å². The number of rotatable bonds is 19. The van der Waals surface area contributed by atoms with Gasteiger partial charge in [-0.25, -0.2) is 24.0 Å². The molecule has 0 aliphatic heterocycles. The number of hydrogen-bond acceptors (Lipinski definition) is 10. The lowest BCUT2D eigenvalue weighted by molar-refractivity contribution is -0.155. The summed E-state index contributed by atoms with van der Waals surface area (Å²) < 4.78 is 27.1. The largest absolute Gasteiger partial charge is 0.462 e. The van der Waals surface area contributed by atoms with E-state index in [1.54, 1.807) is 34.6 Å². The molecule has 6 aliphatic carbocycles. The number of esters is 5. The molecule has 6 fully saturated rings. The number of carbonyl (C=O) groups is 5. The first kappa shape index (κ1) is 75.1. The van der Waals surface area contributed by atoms with Crippen molar-refractivity contribution in [2.24, 2.45) is 58.2 Å². The molecule has 10 heteroatoms. The van der Waals surface area contributed by atoms with Gasteiger partial charge < -0.3 is 23.7 Å². The van der Waals surface area contributed by atoms with Crippen LogP contribution in [0.2, 0.25) is 0 Å². The highest BCUT2D eigenvalue weighted by Crippen LogP contribution is 2.66. The van der Waals surface area contributed by atoms with E-state index >= 15 is 0 Å². The number of benzene rings is 1. The number of unbranched alkanes of at least 4 members (excludes halogenated alkanes) is 1. The van der Waals surface area contributed by atoms with Crippen LogP contribution >= 0.6 is 0 Å². The van der Waals surface area contributed by atoms with Gasteiger partial charge in [0, 0.05) is 33.3 Å². The van der Waals surface area contributed by atoms with Crippen molar-refractivity contribution < 1.29 is 47.7 Å². The lowest BCUT2D eigenvalue weighted by Crippen LogP contribution is -2.38. The van der Waals surface area contributed by atoms with Crippen LogP contribution in [0.3, 0.4) is 0 Å². The molecule has 0 N–H and O–H groups in total. The van der Waals surface area contributed by atoms with Gasteiger partial charge >= 0.3 is 29.8 Å². The van der Waals surface area contributed by atoms with E-state index in [1.807, 2.05) is 6.08 Å². The number of fused-ring (bicyclic) bond motifs is 7. The van der Waals surface area contributed by atoms with Crippen molar-refractivity contribution in [2.75, 3.05) is 6.61 Å². The van der Waals surface area contributed by atoms with Crippen molar-refractivity contribution in [3.05, 3.63) is 103 Å². The molecule has 0 spiro atoms. The maximum absolute atomic E-state index is 11.6. The van der Waals surface area contributed by atoms with Crippen molar-refractivity contribution in [2.45, 2.75) is 263 Å². The van der Waals surface area contributed by atoms with Gasteiger partial charge in [0.1, 0.15) is 23.9 Å². The van der Waals surface area contributed by atoms with Crippen LogP contribution in [-0.2, 0) is 53.1 Å². The summed E-state index contributed by atoms with van der Waals surface area (Å²) in [5.41, 5.74) is 5.57. The van der Waals surface area contributed by atoms with Gasteiger partial charge in [-0.15, -0.1) is 0 Å². The second-order valence-corrected chi connectivity index (χ2v) is 28.1. The third-order valence-electron chi connectivity index (χ3n) is 19.4. The summed E-state index contributed by atoms with van der Waals surface area (Å²) in [5.74, 6) is 4.07. The van der Waals surface area contributed by atoms with Crippen LogP contribution < -0.4 is 0 Å². The Morgan fingerprint density at radius 2 is 1.17 bits per heavy atom. The smallest absolute Gasteiger partial charge is 0.333 e. The third kappa shape index (κ3) is 22.1. The Hall–Kier alpha value is -4.99. The van der Waals surface area contributed by atoms with Gasteiger partial charge in [-0.3, -0.25) is 0 Å². The second kappa shape index (κ2) is 34.4. The predicted octanol–water partition coefficient (Wildman–Crippen LogP) is 18.8. The highest BCUT2D eigenvalue weighted by Gasteiger charge is 2.63. The highest BCUT2D eigenvalue weighted by atomic mass is 16.6. The normalized spacial score (nSPS) is 24.5. The molecule has 9 atom stereocenters. The maximum atomic E-state index is 11.6. The molecule has 7 rings (SSSR count). The minimum atomic E-state index is -0.285. The summed E-state index contributed by atoms with van der Waals surface area (Å²) in [5, 5.41) is 0. The van der Waals surface area contributed by atoms with Crippen LogP contribution in [0.5, 0.6) is 0 Å². The molecular weight excluding hydrogens is 1050 g/mol. The SMILES string of the molecule is C=C(C)C(=O)OC(C(C)C)C(C)C.C=C(C)C(=O)OC1(CC)CCCC1.C=C(C)C(=O)OC1CC2CC1C1CCCC21.C=C(C)C(=O)OC1CC2CCC1(C)C2(C)C.C=C(C)C(=O)OCC(CC)CCCC.C=Cc1ccc(C(C)(C)C)cc1. The molecule has 1 aromatic rings. The van der Waals surface area contributed by atoms with E-state index < -0.39 is 0 Å². The fourth-order valence-electron chi connectivity index (χ4n) is 13.3. The first-order valence-corrected chi connectivity index (χ1v) is 32.1. The van der Waals surface area contributed by atoms with Gasteiger partial charge in [-0.1, -0.05) is 186 Å². The van der Waals surface area contributed by atoms with Crippen LogP contribution in [0.4, 0.5) is 0 Å². The molecule has 1 aromatic carbocycles. The first-order valence-electron chi connectivity index (χ1n) is 32.1. The Bertz CT molecular complexity index is 2360. The lowest BCUT2D eigenvalue weighted by atomic mass is 9.70. The molecule has 10 nitrogen and oxygen atoms in total. The van der Waals surface area contributed by atoms with Gasteiger partial charge in [-0.2, -0.15) is 0 Å². The molecular formula is C74H118O10. The monoisotopic (exact) mass is 1170 g/mol. The Kier molecular flexibility index (Phi) is 30.7. The van der Waals surface area contributed by atoms with E-state index in [9.17, 15) is 24.0 Å². The summed E-state index contributed by atoms with van der Waals surface area (Å²) in [6.07, 6.45) is 22.2. The second-order valence-electron chi connectivity index (χ2n) is 28.1. The van der Waals surface area contributed by atoms with Crippen LogP contribution in [0.15, 0.2) is 91.6 Å². The zero-order valence-electron chi connectivity index (χ0n) is 56.3. The molecule has 0 radical (unpaired) electrons. The molecule has 84 heavy (non-hydrogen) atoms. The van der Waals surface area contributed by atoms with Crippen molar-refractivity contribution >= 4 is 35.9 Å². The summed E-state index contributed by atoms with van der Waals surface area (Å²) in [7, 11) is 0. The molecule has 0 heterocycles. The lowest BCUT2D eigenvalue weighted by Gasteiger charge is -2.38. The van der Waals surface area contributed by atoms with Gasteiger partial charge in [0.2, 0.25) is 0 Å². The molecule has 0 amide bonds. The summed E-state index contributed by atoms with van der Waals surface area (Å²) in [4.78, 5) is 56.8. The van der Waals surface area contributed by atoms with Crippen molar-refractivity contribution in [1.29, 1.82) is 0 Å². The Morgan fingerprint density at radius 1 is 0.643 bits per heavy atom. The standard InChI is InChI=1S/C14H20O2.C14H22O2.C12H22O2.C12H16.C11H18O2.C11H20O2/c1-8(2)14(15)16-13-7-9-6-12(13)11-5-3-4-10(9)11;1-9(2)12(15)16-11-8-10-6-7-14(11,5)13(10,3)4;1-5-7-8-11(6-2)9-14-12(13)10(3)4;1-5-10-6-8-11(9-7-10)12(2,3)4;1-4-11(7-5-6-8-11)13-10(12)9(2)3;1-7(2)10(8(3)4)13-11(12)9(5)6/h9-13H,1,3-7H2,2H3;10-11H,1,6-8H2,2-5H3;11H,3,5-9H2,1-2,4H3;5-9H,1H2,2-4H3;2,4-8H2,1,3H3;7-8,10H,5H2,1-4,6H3. The van der Waals surface area contributed by atoms with Crippen LogP contribution in [0, 0.1) is 58.2 Å². The average molecular weight is 1170 g/mol. The van der Waals surface area contributed by atoms with Gasteiger partial charge in [0.25, 0.3) is 0 Å². The maximum Gasteiger partial charge on any atom is 0.333 e. The van der Waals surface area contributed by atoms with E-state index in [0.717, 1.165) is 62.7 Å². The predicted molar refractivity (Wildman–Crippen MR) is 347 cm³/mol. The van der Waals surface area contributed by atoms with Crippen molar-refractivity contribution in [1.82, 2.24) is 0 Å². The molecule has 6 saturated carbocycles. The minimum Gasteiger partial charge on any atom is -0.462 e. The Labute approximate surface area is 511 Å². The Balaban J connectivity index is 0.000000345.